The van der Waals surface area contributed by atoms with Crippen LogP contribution in [0.25, 0.3) is 16.9 Å². The van der Waals surface area contributed by atoms with E-state index in [1.54, 1.807) is 10.8 Å². The number of piperazine rings is 1. The zero-order valence-corrected chi connectivity index (χ0v) is 15.4. The van der Waals surface area contributed by atoms with Gasteiger partial charge in [-0.3, -0.25) is 4.90 Å². The highest BCUT2D eigenvalue weighted by Gasteiger charge is 2.21. The molecule has 1 aliphatic rings. The minimum Gasteiger partial charge on any atom is -0.366 e. The van der Waals surface area contributed by atoms with E-state index in [2.05, 4.69) is 62.3 Å². The van der Waals surface area contributed by atoms with E-state index in [9.17, 15) is 0 Å². The lowest BCUT2D eigenvalue weighted by molar-refractivity contribution is 0.229. The van der Waals surface area contributed by atoms with Crippen LogP contribution in [0.5, 0.6) is 0 Å². The first kappa shape index (κ1) is 16.9. The van der Waals surface area contributed by atoms with Crippen molar-refractivity contribution in [3.63, 3.8) is 0 Å². The Morgan fingerprint density at radius 3 is 2.54 bits per heavy atom. The van der Waals surface area contributed by atoms with E-state index < -0.39 is 0 Å². The van der Waals surface area contributed by atoms with E-state index in [0.29, 0.717) is 0 Å². The van der Waals surface area contributed by atoms with Gasteiger partial charge in [0.2, 0.25) is 5.65 Å². The van der Waals surface area contributed by atoms with Crippen molar-refractivity contribution in [1.29, 1.82) is 0 Å². The highest BCUT2D eigenvalue weighted by Crippen LogP contribution is 2.26. The first-order valence-electron chi connectivity index (χ1n) is 9.09. The quantitative estimate of drug-likeness (QED) is 0.694. The van der Waals surface area contributed by atoms with E-state index >= 15 is 0 Å². The van der Waals surface area contributed by atoms with Crippen LogP contribution in [0.2, 0.25) is 0 Å². The minimum atomic E-state index is 0.825. The number of benzene rings is 1. The molecule has 1 aliphatic heterocycles. The molecule has 26 heavy (non-hydrogen) atoms. The Labute approximate surface area is 153 Å². The van der Waals surface area contributed by atoms with Crippen LogP contribution in [0.4, 0.5) is 5.69 Å². The predicted octanol–water partition coefficient (Wildman–Crippen LogP) is 1.47. The molecule has 2 aromatic heterocycles. The van der Waals surface area contributed by atoms with E-state index in [4.69, 9.17) is 0 Å². The van der Waals surface area contributed by atoms with Gasteiger partial charge in [0.15, 0.2) is 0 Å². The molecule has 136 valence electrons. The van der Waals surface area contributed by atoms with E-state index in [1.807, 2.05) is 18.2 Å². The molecule has 0 bridgehead atoms. The zero-order chi connectivity index (χ0) is 17.9. The molecular formula is C19H25N7. The second kappa shape index (κ2) is 7.39. The molecule has 0 atom stereocenters. The Morgan fingerprint density at radius 1 is 1.04 bits per heavy atom. The molecule has 0 spiro atoms. The maximum atomic E-state index is 4.67. The summed E-state index contributed by atoms with van der Waals surface area (Å²) in [5, 5.41) is 13.0. The molecule has 0 unspecified atom stereocenters. The Hall–Kier alpha value is -2.51. The fourth-order valence-corrected chi connectivity index (χ4v) is 3.35. The number of aromatic nitrogens is 4. The highest BCUT2D eigenvalue weighted by atomic mass is 15.4. The molecule has 0 aliphatic carbocycles. The summed E-state index contributed by atoms with van der Waals surface area (Å²) in [7, 11) is 4.25. The van der Waals surface area contributed by atoms with Crippen molar-refractivity contribution in [2.45, 2.75) is 0 Å². The lowest BCUT2D eigenvalue weighted by Gasteiger charge is -2.36. The maximum Gasteiger partial charge on any atom is 0.200 e. The first-order chi connectivity index (χ1) is 12.7. The van der Waals surface area contributed by atoms with Crippen LogP contribution < -0.4 is 4.90 Å². The summed E-state index contributed by atoms with van der Waals surface area (Å²) >= 11 is 0. The monoisotopic (exact) mass is 351 g/mol. The van der Waals surface area contributed by atoms with Crippen LogP contribution in [0.1, 0.15) is 0 Å². The molecule has 0 saturated carbocycles. The summed E-state index contributed by atoms with van der Waals surface area (Å²) in [5.41, 5.74) is 3.99. The summed E-state index contributed by atoms with van der Waals surface area (Å²) in [6.45, 7) is 6.34. The molecule has 7 nitrogen and oxygen atoms in total. The average molecular weight is 351 g/mol. The lowest BCUT2D eigenvalue weighted by Crippen LogP contribution is -2.48. The van der Waals surface area contributed by atoms with Gasteiger partial charge in [-0.1, -0.05) is 30.3 Å². The predicted molar refractivity (Wildman–Crippen MR) is 103 cm³/mol. The number of rotatable bonds is 5. The van der Waals surface area contributed by atoms with Crippen molar-refractivity contribution >= 4 is 11.3 Å². The van der Waals surface area contributed by atoms with Crippen LogP contribution in [0.15, 0.2) is 42.7 Å². The van der Waals surface area contributed by atoms with E-state index in [0.717, 1.165) is 61.9 Å². The third-order valence-corrected chi connectivity index (χ3v) is 4.89. The van der Waals surface area contributed by atoms with Gasteiger partial charge in [-0.25, -0.2) is 0 Å². The fraction of sp³-hybridized carbons (Fsp3) is 0.421. The zero-order valence-electron chi connectivity index (χ0n) is 15.4. The van der Waals surface area contributed by atoms with Crippen LogP contribution in [-0.4, -0.2) is 83.0 Å². The largest absolute Gasteiger partial charge is 0.366 e. The molecule has 0 amide bonds. The average Bonchev–Trinajstić information content (AvgIpc) is 3.15. The van der Waals surface area contributed by atoms with Gasteiger partial charge in [0, 0.05) is 44.8 Å². The van der Waals surface area contributed by atoms with Crippen molar-refractivity contribution in [2.24, 2.45) is 0 Å². The molecule has 0 radical (unpaired) electrons. The molecule has 0 N–H and O–H groups in total. The van der Waals surface area contributed by atoms with Crippen molar-refractivity contribution in [2.75, 3.05) is 58.3 Å². The van der Waals surface area contributed by atoms with Crippen LogP contribution >= 0.6 is 0 Å². The molecule has 4 rings (SSSR count). The minimum absolute atomic E-state index is 0.825. The Kier molecular flexibility index (Phi) is 4.81. The fourth-order valence-electron chi connectivity index (χ4n) is 3.35. The van der Waals surface area contributed by atoms with Crippen LogP contribution in [-0.2, 0) is 0 Å². The molecule has 1 fully saturated rings. The first-order valence-corrected chi connectivity index (χ1v) is 9.09. The van der Waals surface area contributed by atoms with Gasteiger partial charge in [0.25, 0.3) is 0 Å². The van der Waals surface area contributed by atoms with Gasteiger partial charge in [0.05, 0.1) is 11.4 Å². The smallest absolute Gasteiger partial charge is 0.200 e. The SMILES string of the molecule is CN(C)CCN1CCN(c2cc(-c3ccccc3)nn3cnnc23)CC1. The topological polar surface area (TPSA) is 52.8 Å². The molecule has 1 saturated heterocycles. The molecule has 7 heteroatoms. The number of fused-ring (bicyclic) bond motifs is 1. The van der Waals surface area contributed by atoms with E-state index in [1.165, 1.54) is 0 Å². The second-order valence-electron chi connectivity index (χ2n) is 7.01. The molecule has 3 heterocycles. The van der Waals surface area contributed by atoms with Crippen molar-refractivity contribution in [3.8, 4) is 11.3 Å². The number of nitrogens with zero attached hydrogens (tertiary/aromatic N) is 7. The van der Waals surface area contributed by atoms with Crippen molar-refractivity contribution in [3.05, 3.63) is 42.7 Å². The van der Waals surface area contributed by atoms with Crippen molar-refractivity contribution < 1.29 is 0 Å². The van der Waals surface area contributed by atoms with Gasteiger partial charge in [-0.2, -0.15) is 9.61 Å². The Balaban J connectivity index is 1.58. The third kappa shape index (κ3) is 3.54. The number of hydrogen-bond donors (Lipinski definition) is 0. The Morgan fingerprint density at radius 2 is 1.81 bits per heavy atom. The lowest BCUT2D eigenvalue weighted by atomic mass is 10.1. The van der Waals surface area contributed by atoms with Crippen LogP contribution in [0, 0.1) is 0 Å². The summed E-state index contributed by atoms with van der Waals surface area (Å²) in [4.78, 5) is 7.17. The van der Waals surface area contributed by atoms with Gasteiger partial charge in [0.1, 0.15) is 6.33 Å². The second-order valence-corrected chi connectivity index (χ2v) is 7.01. The normalized spacial score (nSPS) is 15.9. The molecular weight excluding hydrogens is 326 g/mol. The van der Waals surface area contributed by atoms with Crippen LogP contribution in [0.3, 0.4) is 0 Å². The highest BCUT2D eigenvalue weighted by molar-refractivity contribution is 5.74. The summed E-state index contributed by atoms with van der Waals surface area (Å²) in [6.07, 6.45) is 1.68. The third-order valence-electron chi connectivity index (χ3n) is 4.89. The van der Waals surface area contributed by atoms with Gasteiger partial charge in [-0.15, -0.1) is 10.2 Å². The summed E-state index contributed by atoms with van der Waals surface area (Å²) < 4.78 is 1.79. The van der Waals surface area contributed by atoms with Gasteiger partial charge >= 0.3 is 0 Å². The Bertz CT molecular complexity index is 851. The maximum absolute atomic E-state index is 4.67. The number of anilines is 1. The van der Waals surface area contributed by atoms with Gasteiger partial charge < -0.3 is 9.80 Å². The molecule has 3 aromatic rings. The summed E-state index contributed by atoms with van der Waals surface area (Å²) in [5.74, 6) is 0. The van der Waals surface area contributed by atoms with E-state index in [-0.39, 0.29) is 0 Å². The number of hydrogen-bond acceptors (Lipinski definition) is 6. The molecule has 1 aromatic carbocycles. The standard InChI is InChI=1S/C19H25N7/c1-23(2)8-9-24-10-12-25(13-11-24)18-14-17(16-6-4-3-5-7-16)22-26-15-20-21-19(18)26/h3-7,14-15H,8-13H2,1-2H3. The summed E-state index contributed by atoms with van der Waals surface area (Å²) in [6, 6.07) is 12.4. The number of likely N-dealkylation sites (N-methyl/N-ethyl adjacent to an activating group) is 1. The van der Waals surface area contributed by atoms with Gasteiger partial charge in [-0.05, 0) is 20.2 Å². The van der Waals surface area contributed by atoms with Crippen molar-refractivity contribution in [1.82, 2.24) is 29.6 Å².